The van der Waals surface area contributed by atoms with Gasteiger partial charge in [-0.15, -0.1) is 0 Å². The summed E-state index contributed by atoms with van der Waals surface area (Å²) < 4.78 is 0. The van der Waals surface area contributed by atoms with E-state index in [-0.39, 0.29) is 0 Å². The molecule has 0 fully saturated rings. The summed E-state index contributed by atoms with van der Waals surface area (Å²) in [6.07, 6.45) is 1.21. The molecule has 0 amide bonds. The number of hydrogen-bond acceptors (Lipinski definition) is 1. The summed E-state index contributed by atoms with van der Waals surface area (Å²) in [6, 6.07) is 11.1. The number of nitrogens with one attached hydrogen (secondary N) is 1. The molecule has 0 bridgehead atoms. The van der Waals surface area contributed by atoms with Gasteiger partial charge in [0.2, 0.25) is 0 Å². The average Bonchev–Trinajstić information content (AvgIpc) is 2.20. The predicted octanol–water partition coefficient (Wildman–Crippen LogP) is 2.99. The molecule has 0 saturated heterocycles. The minimum atomic E-state index is 0.492. The molecule has 1 heteroatoms. The minimum absolute atomic E-state index is 0.492. The van der Waals surface area contributed by atoms with Gasteiger partial charge in [-0.05, 0) is 18.5 Å². The molecule has 1 aromatic rings. The van der Waals surface area contributed by atoms with Crippen LogP contribution in [0.4, 0.5) is 0 Å². The Morgan fingerprint density at radius 1 is 1.23 bits per heavy atom. The second-order valence-corrected chi connectivity index (χ2v) is 3.56. The van der Waals surface area contributed by atoms with Gasteiger partial charge in [-0.3, -0.25) is 0 Å². The van der Waals surface area contributed by atoms with Crippen LogP contribution in [0.15, 0.2) is 30.3 Å². The van der Waals surface area contributed by atoms with Gasteiger partial charge in [0.1, 0.15) is 0 Å². The molecule has 0 spiro atoms. The Hall–Kier alpha value is -0.820. The van der Waals surface area contributed by atoms with Crippen LogP contribution in [0.3, 0.4) is 0 Å². The molecule has 72 valence electrons. The van der Waals surface area contributed by atoms with Gasteiger partial charge in [0.05, 0.1) is 0 Å². The molecule has 0 aliphatic rings. The Morgan fingerprint density at radius 3 is 2.31 bits per heavy atom. The van der Waals surface area contributed by atoms with Gasteiger partial charge in [0.15, 0.2) is 0 Å². The molecule has 0 radical (unpaired) electrons. The predicted molar refractivity (Wildman–Crippen MR) is 57.7 cm³/mol. The highest BCUT2D eigenvalue weighted by atomic mass is 14.9. The van der Waals surface area contributed by atoms with Crippen molar-refractivity contribution in [1.82, 2.24) is 5.32 Å². The third-order valence-electron chi connectivity index (χ3n) is 2.68. The summed E-state index contributed by atoms with van der Waals surface area (Å²) in [5.41, 5.74) is 1.39. The van der Waals surface area contributed by atoms with Gasteiger partial charge in [-0.25, -0.2) is 0 Å². The van der Waals surface area contributed by atoms with E-state index in [1.807, 2.05) is 7.05 Å². The van der Waals surface area contributed by atoms with E-state index in [0.29, 0.717) is 12.0 Å². The summed E-state index contributed by atoms with van der Waals surface area (Å²) in [7, 11) is 2.03. The minimum Gasteiger partial charge on any atom is -0.313 e. The normalized spacial score (nSPS) is 15.3. The lowest BCUT2D eigenvalue weighted by Gasteiger charge is -2.22. The van der Waals surface area contributed by atoms with Crippen LogP contribution >= 0.6 is 0 Å². The highest BCUT2D eigenvalue weighted by Crippen LogP contribution is 2.23. The maximum Gasteiger partial charge on any atom is 0.0343 e. The van der Waals surface area contributed by atoms with E-state index in [0.717, 1.165) is 0 Å². The van der Waals surface area contributed by atoms with Crippen LogP contribution in [0.5, 0.6) is 0 Å². The first-order chi connectivity index (χ1) is 6.29. The molecule has 1 aromatic carbocycles. The summed E-state index contributed by atoms with van der Waals surface area (Å²) in [5, 5.41) is 3.37. The van der Waals surface area contributed by atoms with Crippen LogP contribution < -0.4 is 5.32 Å². The fraction of sp³-hybridized carbons (Fsp3) is 0.500. The van der Waals surface area contributed by atoms with Crippen LogP contribution in [-0.2, 0) is 0 Å². The lowest BCUT2D eigenvalue weighted by molar-refractivity contribution is 0.400. The zero-order valence-corrected chi connectivity index (χ0v) is 8.75. The van der Waals surface area contributed by atoms with Gasteiger partial charge >= 0.3 is 0 Å². The summed E-state index contributed by atoms with van der Waals surface area (Å²) in [5.74, 6) is 0.687. The maximum absolute atomic E-state index is 3.37. The fourth-order valence-electron chi connectivity index (χ4n) is 1.68. The largest absolute Gasteiger partial charge is 0.313 e. The highest BCUT2D eigenvalue weighted by molar-refractivity contribution is 5.19. The number of rotatable bonds is 4. The molecule has 1 N–H and O–H groups in total. The zero-order valence-electron chi connectivity index (χ0n) is 8.75. The van der Waals surface area contributed by atoms with Gasteiger partial charge in [-0.1, -0.05) is 50.6 Å². The SMILES string of the molecule is CCC(C)C(NC)c1ccccc1. The van der Waals surface area contributed by atoms with Crippen molar-refractivity contribution in [2.45, 2.75) is 26.3 Å². The molecular formula is C12H19N. The van der Waals surface area contributed by atoms with Crippen LogP contribution in [0.25, 0.3) is 0 Å². The van der Waals surface area contributed by atoms with Crippen LogP contribution in [0.1, 0.15) is 31.9 Å². The highest BCUT2D eigenvalue weighted by Gasteiger charge is 2.14. The average molecular weight is 177 g/mol. The summed E-state index contributed by atoms with van der Waals surface area (Å²) in [4.78, 5) is 0. The second kappa shape index (κ2) is 5.03. The fourth-order valence-corrected chi connectivity index (χ4v) is 1.68. The van der Waals surface area contributed by atoms with Gasteiger partial charge in [0.25, 0.3) is 0 Å². The summed E-state index contributed by atoms with van der Waals surface area (Å²) in [6.45, 7) is 4.52. The molecule has 1 rings (SSSR count). The zero-order chi connectivity index (χ0) is 9.68. The first-order valence-electron chi connectivity index (χ1n) is 5.01. The van der Waals surface area contributed by atoms with E-state index in [1.165, 1.54) is 12.0 Å². The second-order valence-electron chi connectivity index (χ2n) is 3.56. The van der Waals surface area contributed by atoms with Crippen LogP contribution in [0.2, 0.25) is 0 Å². The Labute approximate surface area is 81.2 Å². The van der Waals surface area contributed by atoms with E-state index in [9.17, 15) is 0 Å². The Balaban J connectivity index is 2.78. The lowest BCUT2D eigenvalue weighted by Crippen LogP contribution is -2.22. The Bertz CT molecular complexity index is 230. The molecule has 2 atom stereocenters. The van der Waals surface area contributed by atoms with Crippen molar-refractivity contribution in [3.8, 4) is 0 Å². The smallest absolute Gasteiger partial charge is 0.0343 e. The van der Waals surface area contributed by atoms with E-state index >= 15 is 0 Å². The first-order valence-corrected chi connectivity index (χ1v) is 5.01. The summed E-state index contributed by atoms with van der Waals surface area (Å²) >= 11 is 0. The van der Waals surface area contributed by atoms with E-state index < -0.39 is 0 Å². The number of hydrogen-bond donors (Lipinski definition) is 1. The van der Waals surface area contributed by atoms with E-state index in [2.05, 4.69) is 49.5 Å². The first kappa shape index (κ1) is 10.3. The Morgan fingerprint density at radius 2 is 1.85 bits per heavy atom. The third-order valence-corrected chi connectivity index (χ3v) is 2.68. The van der Waals surface area contributed by atoms with Crippen LogP contribution in [-0.4, -0.2) is 7.05 Å². The Kier molecular flexibility index (Phi) is 3.97. The molecule has 0 heterocycles. The molecule has 0 aromatic heterocycles. The number of benzene rings is 1. The molecule has 2 unspecified atom stereocenters. The van der Waals surface area contributed by atoms with Gasteiger partial charge in [-0.2, -0.15) is 0 Å². The standard InChI is InChI=1S/C12H19N/c1-4-10(2)12(13-3)11-8-6-5-7-9-11/h5-10,12-13H,4H2,1-3H3. The van der Waals surface area contributed by atoms with Gasteiger partial charge < -0.3 is 5.32 Å². The van der Waals surface area contributed by atoms with E-state index in [1.54, 1.807) is 0 Å². The van der Waals surface area contributed by atoms with Crippen LogP contribution in [0, 0.1) is 5.92 Å². The van der Waals surface area contributed by atoms with Crippen molar-refractivity contribution >= 4 is 0 Å². The molecule has 0 aliphatic carbocycles. The van der Waals surface area contributed by atoms with Crippen molar-refractivity contribution in [2.75, 3.05) is 7.05 Å². The quantitative estimate of drug-likeness (QED) is 0.745. The van der Waals surface area contributed by atoms with Crippen molar-refractivity contribution in [1.29, 1.82) is 0 Å². The van der Waals surface area contributed by atoms with Crippen molar-refractivity contribution < 1.29 is 0 Å². The monoisotopic (exact) mass is 177 g/mol. The molecular weight excluding hydrogens is 158 g/mol. The molecule has 1 nitrogen and oxygen atoms in total. The van der Waals surface area contributed by atoms with Crippen molar-refractivity contribution in [3.05, 3.63) is 35.9 Å². The van der Waals surface area contributed by atoms with Crippen molar-refractivity contribution in [3.63, 3.8) is 0 Å². The molecule has 13 heavy (non-hydrogen) atoms. The van der Waals surface area contributed by atoms with Crippen molar-refractivity contribution in [2.24, 2.45) is 5.92 Å². The molecule has 0 aliphatic heterocycles. The molecule has 0 saturated carbocycles. The topological polar surface area (TPSA) is 12.0 Å². The maximum atomic E-state index is 3.37. The van der Waals surface area contributed by atoms with E-state index in [4.69, 9.17) is 0 Å². The lowest BCUT2D eigenvalue weighted by atomic mass is 9.93. The van der Waals surface area contributed by atoms with Gasteiger partial charge in [0, 0.05) is 6.04 Å². The third kappa shape index (κ3) is 2.56.